The lowest BCUT2D eigenvalue weighted by molar-refractivity contribution is 0.0641. The SMILES string of the molecule is C[Si](C)(C)OC([Si])O[Si](C)(C)C.C[Si](C)O[Si](C)C. The highest BCUT2D eigenvalue weighted by Gasteiger charge is 2.23. The van der Waals surface area contributed by atoms with Gasteiger partial charge in [0.05, 0.1) is 0 Å². The molecule has 19 heavy (non-hydrogen) atoms. The van der Waals surface area contributed by atoms with E-state index >= 15 is 0 Å². The Bertz CT molecular complexity index is 201. The summed E-state index contributed by atoms with van der Waals surface area (Å²) in [4.78, 5) is 0. The highest BCUT2D eigenvalue weighted by atomic mass is 28.4. The lowest BCUT2D eigenvalue weighted by atomic mass is 11.5. The topological polar surface area (TPSA) is 27.7 Å². The van der Waals surface area contributed by atoms with Crippen LogP contribution in [0.15, 0.2) is 0 Å². The molecule has 0 amide bonds. The summed E-state index contributed by atoms with van der Waals surface area (Å²) in [7, 11) is -0.295. The van der Waals surface area contributed by atoms with Gasteiger partial charge < -0.3 is 13.0 Å². The Labute approximate surface area is 129 Å². The first-order valence-corrected chi connectivity index (χ1v) is 18.8. The smallest absolute Gasteiger partial charge is 0.191 e. The number of hydrogen-bond acceptors (Lipinski definition) is 3. The third kappa shape index (κ3) is 24.4. The van der Waals surface area contributed by atoms with E-state index in [1.165, 1.54) is 0 Å². The summed E-state index contributed by atoms with van der Waals surface area (Å²) in [5.41, 5.74) is 0. The molecular formula is C11H31O3Si5. The Balaban J connectivity index is 0. The van der Waals surface area contributed by atoms with Gasteiger partial charge in [-0.1, -0.05) is 0 Å². The van der Waals surface area contributed by atoms with Crippen LogP contribution >= 0.6 is 0 Å². The molecule has 5 radical (unpaired) electrons. The minimum Gasteiger partial charge on any atom is -0.456 e. The van der Waals surface area contributed by atoms with E-state index in [-0.39, 0.29) is 24.0 Å². The van der Waals surface area contributed by atoms with E-state index in [4.69, 9.17) is 13.0 Å². The second-order valence-corrected chi connectivity index (χ2v) is 20.6. The van der Waals surface area contributed by atoms with Crippen LogP contribution in [0.1, 0.15) is 0 Å². The molecule has 0 aliphatic carbocycles. The fraction of sp³-hybridized carbons (Fsp3) is 1.00. The van der Waals surface area contributed by atoms with Crippen LogP contribution in [0.4, 0.5) is 0 Å². The Morgan fingerprint density at radius 1 is 0.737 bits per heavy atom. The van der Waals surface area contributed by atoms with E-state index < -0.39 is 16.6 Å². The summed E-state index contributed by atoms with van der Waals surface area (Å²) >= 11 is 0. The van der Waals surface area contributed by atoms with Crippen LogP contribution in [0.5, 0.6) is 0 Å². The van der Waals surface area contributed by atoms with Crippen molar-refractivity contribution < 1.29 is 13.0 Å². The second-order valence-electron chi connectivity index (χ2n) is 6.71. The average molecular weight is 352 g/mol. The Kier molecular flexibility index (Phi) is 11.5. The predicted molar refractivity (Wildman–Crippen MR) is 94.5 cm³/mol. The molecule has 0 unspecified atom stereocenters. The molecule has 0 aliphatic heterocycles. The zero-order chi connectivity index (χ0) is 15.9. The van der Waals surface area contributed by atoms with Gasteiger partial charge in [-0.15, -0.1) is 0 Å². The molecule has 3 nitrogen and oxygen atoms in total. The van der Waals surface area contributed by atoms with Crippen LogP contribution in [0.2, 0.25) is 65.5 Å². The molecule has 0 saturated carbocycles. The van der Waals surface area contributed by atoms with Crippen molar-refractivity contribution in [3.05, 3.63) is 0 Å². The number of hydrogen-bond donors (Lipinski definition) is 0. The van der Waals surface area contributed by atoms with Crippen molar-refractivity contribution in [3.63, 3.8) is 0 Å². The Hall–Kier alpha value is 0.964. The van der Waals surface area contributed by atoms with Gasteiger partial charge in [0.1, 0.15) is 16.2 Å². The fourth-order valence-electron chi connectivity index (χ4n) is 1.07. The molecule has 0 aliphatic rings. The lowest BCUT2D eigenvalue weighted by Gasteiger charge is -2.29. The maximum atomic E-state index is 5.68. The van der Waals surface area contributed by atoms with Gasteiger partial charge in [0, 0.05) is 0 Å². The summed E-state index contributed by atoms with van der Waals surface area (Å²) in [6.07, 6.45) is 0. The van der Waals surface area contributed by atoms with Gasteiger partial charge >= 0.3 is 0 Å². The van der Waals surface area contributed by atoms with Crippen molar-refractivity contribution in [3.8, 4) is 0 Å². The quantitative estimate of drug-likeness (QED) is 0.540. The third-order valence-corrected chi connectivity index (χ3v) is 7.14. The summed E-state index contributed by atoms with van der Waals surface area (Å²) in [5, 5.41) is 0. The van der Waals surface area contributed by atoms with Crippen LogP contribution < -0.4 is 0 Å². The van der Waals surface area contributed by atoms with Crippen molar-refractivity contribution in [2.24, 2.45) is 0 Å². The van der Waals surface area contributed by atoms with Gasteiger partial charge in [-0.25, -0.2) is 0 Å². The van der Waals surface area contributed by atoms with E-state index in [0.717, 1.165) is 0 Å². The third-order valence-electron chi connectivity index (χ3n) is 1.33. The molecule has 0 bridgehead atoms. The number of rotatable bonds is 6. The molecule has 0 atom stereocenters. The summed E-state index contributed by atoms with van der Waals surface area (Å²) in [6.45, 7) is 21.6. The molecule has 0 saturated heterocycles. The molecule has 0 N–H and O–H groups in total. The highest BCUT2D eigenvalue weighted by molar-refractivity contribution is 6.71. The maximum absolute atomic E-state index is 5.68. The first-order valence-electron chi connectivity index (χ1n) is 6.58. The monoisotopic (exact) mass is 351 g/mol. The van der Waals surface area contributed by atoms with E-state index in [1.54, 1.807) is 0 Å². The van der Waals surface area contributed by atoms with E-state index in [2.05, 4.69) is 75.7 Å². The average Bonchev–Trinajstić information content (AvgIpc) is 1.91. The highest BCUT2D eigenvalue weighted by Crippen LogP contribution is 2.11. The first kappa shape index (κ1) is 22.2. The molecule has 0 heterocycles. The largest absolute Gasteiger partial charge is 0.456 e. The van der Waals surface area contributed by atoms with E-state index in [9.17, 15) is 0 Å². The van der Waals surface area contributed by atoms with Crippen molar-refractivity contribution >= 4 is 45.0 Å². The van der Waals surface area contributed by atoms with E-state index in [0.29, 0.717) is 0 Å². The summed E-state index contributed by atoms with van der Waals surface area (Å²) in [6, 6.07) is 0. The first-order chi connectivity index (χ1) is 8.23. The molecule has 113 valence electrons. The van der Waals surface area contributed by atoms with Crippen LogP contribution in [-0.2, 0) is 13.0 Å². The van der Waals surface area contributed by atoms with E-state index in [1.807, 2.05) is 0 Å². The minimum atomic E-state index is -1.47. The zero-order valence-corrected chi connectivity index (χ0v) is 19.3. The van der Waals surface area contributed by atoms with Crippen LogP contribution in [0, 0.1) is 0 Å². The second kappa shape index (κ2) is 9.82. The van der Waals surface area contributed by atoms with Crippen molar-refractivity contribution in [2.75, 3.05) is 0 Å². The molecule has 0 fully saturated rings. The van der Waals surface area contributed by atoms with Crippen molar-refractivity contribution in [1.82, 2.24) is 0 Å². The summed E-state index contributed by atoms with van der Waals surface area (Å²) in [5.74, 6) is -0.219. The molecule has 8 heteroatoms. The summed E-state index contributed by atoms with van der Waals surface area (Å²) < 4.78 is 16.8. The van der Waals surface area contributed by atoms with Crippen LogP contribution in [-0.4, -0.2) is 50.9 Å². The van der Waals surface area contributed by atoms with Gasteiger partial charge in [-0.3, -0.25) is 0 Å². The predicted octanol–water partition coefficient (Wildman–Crippen LogP) is 3.65. The van der Waals surface area contributed by atoms with Crippen molar-refractivity contribution in [2.45, 2.75) is 71.4 Å². The van der Waals surface area contributed by atoms with Gasteiger partial charge in [0.25, 0.3) is 0 Å². The molecule has 0 aromatic heterocycles. The maximum Gasteiger partial charge on any atom is 0.191 e. The minimum absolute atomic E-state index is 0.219. The normalized spacial score (nSPS) is 12.9. The van der Waals surface area contributed by atoms with Gasteiger partial charge in [-0.2, -0.15) is 0 Å². The van der Waals surface area contributed by atoms with Crippen molar-refractivity contribution in [1.29, 1.82) is 0 Å². The molecule has 0 rings (SSSR count). The van der Waals surface area contributed by atoms with Gasteiger partial charge in [0.2, 0.25) is 0 Å². The van der Waals surface area contributed by atoms with Crippen LogP contribution in [0.3, 0.4) is 0 Å². The Morgan fingerprint density at radius 3 is 1.11 bits per heavy atom. The lowest BCUT2D eigenvalue weighted by Crippen LogP contribution is -2.40. The fourth-order valence-corrected chi connectivity index (χ4v) is 7.94. The van der Waals surface area contributed by atoms with Gasteiger partial charge in [0.15, 0.2) is 34.7 Å². The van der Waals surface area contributed by atoms with Gasteiger partial charge in [-0.05, 0) is 65.5 Å². The molecular weight excluding hydrogens is 321 g/mol. The molecule has 0 aromatic rings. The standard InChI is InChI=1S/C7H19O2Si3.C4H12OSi2/c1-11(2,3)8-7(10)9-12(4,5)6;1-6(2)5-7(3)4/h7H,1-6H3;1-4H3. The molecule has 0 aromatic carbocycles. The zero-order valence-electron chi connectivity index (χ0n) is 14.3. The Morgan fingerprint density at radius 2 is 1.00 bits per heavy atom. The molecule has 0 spiro atoms. The van der Waals surface area contributed by atoms with Crippen LogP contribution in [0.25, 0.3) is 0 Å².